The predicted molar refractivity (Wildman–Crippen MR) is 99.4 cm³/mol. The minimum Gasteiger partial charge on any atom is -1.00 e. The van der Waals surface area contributed by atoms with Gasteiger partial charge in [0.25, 0.3) is 0 Å². The van der Waals surface area contributed by atoms with Crippen molar-refractivity contribution in [2.45, 2.75) is 20.4 Å². The summed E-state index contributed by atoms with van der Waals surface area (Å²) in [4.78, 5) is 1.27. The average molecular weight is 373 g/mol. The fourth-order valence-corrected chi connectivity index (χ4v) is 3.21. The van der Waals surface area contributed by atoms with E-state index in [-0.39, 0.29) is 12.4 Å². The van der Waals surface area contributed by atoms with Gasteiger partial charge in [0.1, 0.15) is 11.4 Å². The van der Waals surface area contributed by atoms with E-state index in [0.717, 1.165) is 23.1 Å². The van der Waals surface area contributed by atoms with Gasteiger partial charge >= 0.3 is 5.13 Å². The van der Waals surface area contributed by atoms with Crippen LogP contribution >= 0.6 is 11.3 Å². The number of benzene rings is 2. The number of aryl methyl sites for hydroxylation is 1. The van der Waals surface area contributed by atoms with Crippen LogP contribution in [-0.2, 0) is 13.6 Å². The Morgan fingerprint density at radius 2 is 1.64 bits per heavy atom. The summed E-state index contributed by atoms with van der Waals surface area (Å²) in [6.45, 7) is 5.01. The highest BCUT2D eigenvalue weighted by atomic mass is 35.5. The molecule has 0 radical (unpaired) electrons. The van der Waals surface area contributed by atoms with Gasteiger partial charge in [0.05, 0.1) is 17.0 Å². The van der Waals surface area contributed by atoms with Crippen molar-refractivity contribution in [2.75, 3.05) is 5.32 Å². The van der Waals surface area contributed by atoms with Crippen LogP contribution in [0.15, 0.2) is 64.8 Å². The summed E-state index contributed by atoms with van der Waals surface area (Å²) >= 11 is 1.66. The number of hydrogen-bond donors (Lipinski definition) is 1. The summed E-state index contributed by atoms with van der Waals surface area (Å²) in [5.74, 6) is 0. The van der Waals surface area contributed by atoms with E-state index in [1.165, 1.54) is 16.1 Å². The molecule has 0 aliphatic heterocycles. The minimum atomic E-state index is 0. The second kappa shape index (κ2) is 8.74. The third-order valence-electron chi connectivity index (χ3n) is 4.00. The van der Waals surface area contributed by atoms with Crippen molar-refractivity contribution < 1.29 is 17.0 Å². The lowest BCUT2D eigenvalue weighted by Crippen LogP contribution is -3.00. The molecule has 6 heteroatoms. The number of anilines is 1. The third kappa shape index (κ3) is 4.87. The number of rotatable bonds is 5. The Morgan fingerprint density at radius 3 is 2.24 bits per heavy atom. The van der Waals surface area contributed by atoms with E-state index >= 15 is 0 Å². The lowest BCUT2D eigenvalue weighted by molar-refractivity contribution is -0.660. The quantitative estimate of drug-likeness (QED) is 0.541. The summed E-state index contributed by atoms with van der Waals surface area (Å²) < 4.78 is 2.07. The number of azo groups is 1. The molecule has 1 N–H and O–H groups in total. The molecule has 3 aromatic rings. The first-order chi connectivity index (χ1) is 11.6. The first-order valence-corrected chi connectivity index (χ1v) is 8.71. The molecule has 25 heavy (non-hydrogen) atoms. The monoisotopic (exact) mass is 372 g/mol. The van der Waals surface area contributed by atoms with Gasteiger partial charge in [-0.3, -0.25) is 0 Å². The van der Waals surface area contributed by atoms with Crippen LogP contribution in [-0.4, -0.2) is 0 Å². The Morgan fingerprint density at radius 1 is 0.960 bits per heavy atom. The van der Waals surface area contributed by atoms with Crippen LogP contribution in [0.2, 0.25) is 0 Å². The van der Waals surface area contributed by atoms with Crippen LogP contribution in [0.5, 0.6) is 0 Å². The molecule has 0 spiro atoms. The normalized spacial score (nSPS) is 10.7. The summed E-state index contributed by atoms with van der Waals surface area (Å²) in [6.07, 6.45) is 0. The molecule has 1 heterocycles. The first kappa shape index (κ1) is 19.1. The van der Waals surface area contributed by atoms with E-state index < -0.39 is 0 Å². The number of thiazole rings is 1. The molecule has 0 fully saturated rings. The van der Waals surface area contributed by atoms with Crippen molar-refractivity contribution in [1.82, 2.24) is 0 Å². The van der Waals surface area contributed by atoms with Gasteiger partial charge in [-0.2, -0.15) is 0 Å². The van der Waals surface area contributed by atoms with Crippen LogP contribution in [0.3, 0.4) is 0 Å². The molecule has 0 aliphatic rings. The van der Waals surface area contributed by atoms with Crippen molar-refractivity contribution in [2.24, 2.45) is 17.3 Å². The highest BCUT2D eigenvalue weighted by molar-refractivity contribution is 7.14. The zero-order valence-electron chi connectivity index (χ0n) is 14.5. The average Bonchev–Trinajstić information content (AvgIpc) is 2.87. The molecule has 0 saturated carbocycles. The molecular formula is C19H21ClN4S. The maximum atomic E-state index is 4.37. The Bertz CT molecular complexity index is 842. The summed E-state index contributed by atoms with van der Waals surface area (Å²) in [5.41, 5.74) is 4.42. The maximum absolute atomic E-state index is 4.37. The number of nitrogens with one attached hydrogen (secondary N) is 1. The van der Waals surface area contributed by atoms with E-state index in [1.54, 1.807) is 11.3 Å². The number of aromatic nitrogens is 1. The van der Waals surface area contributed by atoms with E-state index in [4.69, 9.17) is 0 Å². The van der Waals surface area contributed by atoms with E-state index in [2.05, 4.69) is 58.2 Å². The molecule has 130 valence electrons. The predicted octanol–water partition coefficient (Wildman–Crippen LogP) is 2.22. The smallest absolute Gasteiger partial charge is 0.408 e. The zero-order chi connectivity index (χ0) is 16.9. The molecule has 1 aromatic heterocycles. The van der Waals surface area contributed by atoms with Crippen molar-refractivity contribution in [1.29, 1.82) is 0 Å². The van der Waals surface area contributed by atoms with Crippen molar-refractivity contribution in [3.05, 3.63) is 70.7 Å². The molecule has 0 saturated heterocycles. The second-order valence-electron chi connectivity index (χ2n) is 5.67. The van der Waals surface area contributed by atoms with Crippen molar-refractivity contribution in [3.8, 4) is 0 Å². The number of hydrogen-bond acceptors (Lipinski definition) is 4. The van der Waals surface area contributed by atoms with Gasteiger partial charge in [-0.05, 0) is 60.1 Å². The molecule has 0 atom stereocenters. The highest BCUT2D eigenvalue weighted by Crippen LogP contribution is 2.24. The fourth-order valence-electron chi connectivity index (χ4n) is 2.29. The summed E-state index contributed by atoms with van der Waals surface area (Å²) in [7, 11) is 2.02. The fraction of sp³-hybridized carbons (Fsp3) is 0.211. The summed E-state index contributed by atoms with van der Waals surface area (Å²) in [5, 5.41) is 13.0. The molecule has 4 nitrogen and oxygen atoms in total. The number of nitrogens with zero attached hydrogens (tertiary/aromatic N) is 3. The van der Waals surface area contributed by atoms with Gasteiger partial charge in [0, 0.05) is 12.2 Å². The second-order valence-corrected chi connectivity index (χ2v) is 6.85. The lowest BCUT2D eigenvalue weighted by atomic mass is 10.2. The Hall–Kier alpha value is -2.24. The lowest BCUT2D eigenvalue weighted by Gasteiger charge is -2.05. The highest BCUT2D eigenvalue weighted by Gasteiger charge is 2.15. The van der Waals surface area contributed by atoms with Gasteiger partial charge < -0.3 is 17.7 Å². The minimum absolute atomic E-state index is 0. The van der Waals surface area contributed by atoms with Crippen molar-refractivity contribution in [3.63, 3.8) is 0 Å². The molecule has 0 unspecified atom stereocenters. The van der Waals surface area contributed by atoms with Gasteiger partial charge in [0.15, 0.2) is 0 Å². The van der Waals surface area contributed by atoms with Gasteiger partial charge in [-0.25, -0.2) is 4.57 Å². The molecule has 0 bridgehead atoms. The van der Waals surface area contributed by atoms with Crippen LogP contribution in [0, 0.1) is 13.8 Å². The SMILES string of the molecule is Cc1sc(N=Nc2ccc(NCc3ccccc3)cc2)[n+](C)c1C.[Cl-]. The van der Waals surface area contributed by atoms with Crippen LogP contribution < -0.4 is 22.3 Å². The maximum Gasteiger partial charge on any atom is 0.408 e. The first-order valence-electron chi connectivity index (χ1n) is 7.89. The largest absolute Gasteiger partial charge is 1.00 e. The summed E-state index contributed by atoms with van der Waals surface area (Å²) in [6, 6.07) is 18.4. The van der Waals surface area contributed by atoms with Gasteiger partial charge in [-0.15, -0.1) is 0 Å². The van der Waals surface area contributed by atoms with Crippen LogP contribution in [0.4, 0.5) is 16.5 Å². The molecule has 2 aromatic carbocycles. The van der Waals surface area contributed by atoms with E-state index in [1.807, 2.05) is 37.4 Å². The molecule has 0 aliphatic carbocycles. The molecule has 0 amide bonds. The van der Waals surface area contributed by atoms with E-state index in [0.29, 0.717) is 0 Å². The van der Waals surface area contributed by atoms with Crippen molar-refractivity contribution >= 4 is 27.8 Å². The number of halogens is 1. The van der Waals surface area contributed by atoms with Crippen LogP contribution in [0.1, 0.15) is 16.1 Å². The topological polar surface area (TPSA) is 40.6 Å². The molecule has 3 rings (SSSR count). The zero-order valence-corrected chi connectivity index (χ0v) is 16.1. The van der Waals surface area contributed by atoms with E-state index in [9.17, 15) is 0 Å². The Labute approximate surface area is 158 Å². The van der Waals surface area contributed by atoms with Gasteiger partial charge in [0.2, 0.25) is 0 Å². The third-order valence-corrected chi connectivity index (χ3v) is 5.14. The molecular weight excluding hydrogens is 352 g/mol. The standard InChI is InChI=1S/C19H20N4S.ClH/c1-14-15(2)24-19(23(14)3)22-21-18-11-9-17(10-12-18)20-13-16-7-5-4-6-8-16;/h4-12H,13H2,1-3H3;1H. The Balaban J connectivity index is 0.00000225. The Kier molecular flexibility index (Phi) is 6.67. The van der Waals surface area contributed by atoms with Crippen LogP contribution in [0.25, 0.3) is 0 Å². The van der Waals surface area contributed by atoms with Gasteiger partial charge in [-0.1, -0.05) is 30.3 Å².